The van der Waals surface area contributed by atoms with E-state index < -0.39 is 6.10 Å². The Hall–Kier alpha value is -1.30. The molecule has 1 fully saturated rings. The fourth-order valence-electron chi connectivity index (χ4n) is 1.94. The van der Waals surface area contributed by atoms with E-state index in [4.69, 9.17) is 26.8 Å². The van der Waals surface area contributed by atoms with Gasteiger partial charge in [0.2, 0.25) is 0 Å². The molecular weight excluding hydrogens is 280 g/mol. The molecule has 2 unspecified atom stereocenters. The molecule has 5 nitrogen and oxygen atoms in total. The Morgan fingerprint density at radius 2 is 2.45 bits per heavy atom. The average Bonchev–Trinajstić information content (AvgIpc) is 2.93. The molecule has 1 saturated heterocycles. The number of nitrogen functional groups attached to an aromatic ring is 1. The van der Waals surface area contributed by atoms with E-state index in [2.05, 4.69) is 5.32 Å². The Balaban J connectivity index is 1.85. The summed E-state index contributed by atoms with van der Waals surface area (Å²) in [5.41, 5.74) is 6.75. The Bertz CT molecular complexity index is 475. The average molecular weight is 299 g/mol. The maximum atomic E-state index is 12.0. The van der Waals surface area contributed by atoms with Gasteiger partial charge in [-0.25, -0.2) is 0 Å². The Kier molecular flexibility index (Phi) is 5.23. The smallest absolute Gasteiger partial charge is 0.253 e. The van der Waals surface area contributed by atoms with E-state index >= 15 is 0 Å². The minimum atomic E-state index is -0.547. The highest BCUT2D eigenvalue weighted by molar-refractivity contribution is 6.31. The molecular formula is C14H19ClN2O3. The molecule has 0 saturated carbocycles. The molecule has 0 spiro atoms. The molecule has 1 aromatic carbocycles. The number of carbonyl (C=O) groups excluding carboxylic acids is 1. The summed E-state index contributed by atoms with van der Waals surface area (Å²) in [6.07, 6.45) is 0.434. The van der Waals surface area contributed by atoms with Crippen molar-refractivity contribution in [2.45, 2.75) is 19.4 Å². The normalized spacial score (nSPS) is 19.8. The molecule has 2 atom stereocenters. The highest BCUT2D eigenvalue weighted by atomic mass is 35.5. The number of rotatable bonds is 5. The molecule has 0 bridgehead atoms. The lowest BCUT2D eigenvalue weighted by molar-refractivity contribution is -0.127. The second kappa shape index (κ2) is 6.92. The second-order valence-corrected chi connectivity index (χ2v) is 5.36. The zero-order chi connectivity index (χ0) is 14.5. The zero-order valence-corrected chi connectivity index (χ0v) is 12.2. The first kappa shape index (κ1) is 15.1. The molecule has 1 aliphatic rings. The van der Waals surface area contributed by atoms with Gasteiger partial charge in [-0.1, -0.05) is 11.6 Å². The van der Waals surface area contributed by atoms with Crippen LogP contribution < -0.4 is 11.1 Å². The van der Waals surface area contributed by atoms with Gasteiger partial charge in [0, 0.05) is 17.5 Å². The second-order valence-electron chi connectivity index (χ2n) is 4.93. The van der Waals surface area contributed by atoms with Gasteiger partial charge in [0.1, 0.15) is 6.10 Å². The molecule has 3 N–H and O–H groups in total. The predicted molar refractivity (Wildman–Crippen MR) is 78.8 cm³/mol. The summed E-state index contributed by atoms with van der Waals surface area (Å²) in [6, 6.07) is 4.94. The molecule has 1 aromatic rings. The van der Waals surface area contributed by atoms with Crippen LogP contribution in [0.5, 0.6) is 0 Å². The zero-order valence-electron chi connectivity index (χ0n) is 11.4. The van der Waals surface area contributed by atoms with Gasteiger partial charge in [-0.3, -0.25) is 4.79 Å². The standard InChI is InChI=1S/C14H19ClN2O3/c1-9(20-8-10-4-5-19-7-10)14(18)17-13-6-11(15)2-3-12(13)16/h2-3,6,9-10H,4-5,7-8,16H2,1H3,(H,17,18). The first-order chi connectivity index (χ1) is 9.56. The summed E-state index contributed by atoms with van der Waals surface area (Å²) in [6.45, 7) is 3.72. The lowest BCUT2D eigenvalue weighted by atomic mass is 10.1. The molecule has 110 valence electrons. The molecule has 1 heterocycles. The van der Waals surface area contributed by atoms with Crippen LogP contribution in [0.3, 0.4) is 0 Å². The van der Waals surface area contributed by atoms with Crippen molar-refractivity contribution in [3.05, 3.63) is 23.2 Å². The van der Waals surface area contributed by atoms with Crippen LogP contribution in [-0.2, 0) is 14.3 Å². The highest BCUT2D eigenvalue weighted by Crippen LogP contribution is 2.23. The van der Waals surface area contributed by atoms with Gasteiger partial charge in [0.05, 0.1) is 24.6 Å². The molecule has 6 heteroatoms. The molecule has 2 rings (SSSR count). The van der Waals surface area contributed by atoms with E-state index in [1.165, 1.54) is 0 Å². The topological polar surface area (TPSA) is 73.6 Å². The largest absolute Gasteiger partial charge is 0.397 e. The summed E-state index contributed by atoms with van der Waals surface area (Å²) in [4.78, 5) is 12.0. The number of carbonyl (C=O) groups is 1. The van der Waals surface area contributed by atoms with E-state index in [1.54, 1.807) is 25.1 Å². The van der Waals surface area contributed by atoms with Crippen molar-refractivity contribution in [1.82, 2.24) is 0 Å². The van der Waals surface area contributed by atoms with Gasteiger partial charge in [-0.15, -0.1) is 0 Å². The first-order valence-corrected chi connectivity index (χ1v) is 6.99. The van der Waals surface area contributed by atoms with E-state index in [1.807, 2.05) is 0 Å². The molecule has 0 radical (unpaired) electrons. The van der Waals surface area contributed by atoms with Gasteiger partial charge in [0.15, 0.2) is 0 Å². The molecule has 1 amide bonds. The molecule has 20 heavy (non-hydrogen) atoms. The highest BCUT2D eigenvalue weighted by Gasteiger charge is 2.20. The third kappa shape index (κ3) is 4.10. The van der Waals surface area contributed by atoms with E-state index in [-0.39, 0.29) is 5.91 Å². The van der Waals surface area contributed by atoms with Crippen LogP contribution in [0.4, 0.5) is 11.4 Å². The number of ether oxygens (including phenoxy) is 2. The van der Waals surface area contributed by atoms with Gasteiger partial charge in [-0.05, 0) is 31.5 Å². The van der Waals surface area contributed by atoms with E-state index in [9.17, 15) is 4.79 Å². The number of nitrogens with two attached hydrogens (primary N) is 1. The van der Waals surface area contributed by atoms with E-state index in [0.717, 1.165) is 13.0 Å². The van der Waals surface area contributed by atoms with E-state index in [0.29, 0.717) is 35.5 Å². The van der Waals surface area contributed by atoms with Crippen LogP contribution in [0.15, 0.2) is 18.2 Å². The van der Waals surface area contributed by atoms with Crippen molar-refractivity contribution in [2.75, 3.05) is 30.9 Å². The monoisotopic (exact) mass is 298 g/mol. The fraction of sp³-hybridized carbons (Fsp3) is 0.500. The van der Waals surface area contributed by atoms with Crippen molar-refractivity contribution in [3.63, 3.8) is 0 Å². The number of hydrogen-bond acceptors (Lipinski definition) is 4. The lowest BCUT2D eigenvalue weighted by Gasteiger charge is -2.16. The van der Waals surface area contributed by atoms with Crippen LogP contribution in [-0.4, -0.2) is 31.8 Å². The van der Waals surface area contributed by atoms with Crippen molar-refractivity contribution in [1.29, 1.82) is 0 Å². The number of hydrogen-bond donors (Lipinski definition) is 2. The quantitative estimate of drug-likeness (QED) is 0.818. The van der Waals surface area contributed by atoms with Crippen LogP contribution in [0, 0.1) is 5.92 Å². The van der Waals surface area contributed by atoms with Gasteiger partial charge in [-0.2, -0.15) is 0 Å². The summed E-state index contributed by atoms with van der Waals surface area (Å²) in [7, 11) is 0. The van der Waals surface area contributed by atoms with Crippen molar-refractivity contribution < 1.29 is 14.3 Å². The molecule has 1 aliphatic heterocycles. The number of amides is 1. The molecule has 0 aliphatic carbocycles. The van der Waals surface area contributed by atoms with Gasteiger partial charge in [0.25, 0.3) is 5.91 Å². The van der Waals surface area contributed by atoms with Crippen LogP contribution >= 0.6 is 11.6 Å². The van der Waals surface area contributed by atoms with Crippen LogP contribution in [0.25, 0.3) is 0 Å². The van der Waals surface area contributed by atoms with Crippen molar-refractivity contribution in [3.8, 4) is 0 Å². The number of halogens is 1. The first-order valence-electron chi connectivity index (χ1n) is 6.61. The van der Waals surface area contributed by atoms with Gasteiger partial charge < -0.3 is 20.5 Å². The Morgan fingerprint density at radius 3 is 3.15 bits per heavy atom. The maximum Gasteiger partial charge on any atom is 0.253 e. The maximum absolute atomic E-state index is 12.0. The van der Waals surface area contributed by atoms with Gasteiger partial charge >= 0.3 is 0 Å². The third-order valence-electron chi connectivity index (χ3n) is 3.25. The fourth-order valence-corrected chi connectivity index (χ4v) is 2.11. The number of anilines is 2. The predicted octanol–water partition coefficient (Wildman–Crippen LogP) is 2.30. The van der Waals surface area contributed by atoms with Crippen molar-refractivity contribution in [2.24, 2.45) is 5.92 Å². The third-order valence-corrected chi connectivity index (χ3v) is 3.48. The summed E-state index contributed by atoms with van der Waals surface area (Å²) >= 11 is 5.88. The van der Waals surface area contributed by atoms with Crippen LogP contribution in [0.2, 0.25) is 5.02 Å². The Labute approximate surface area is 123 Å². The summed E-state index contributed by atoms with van der Waals surface area (Å²) in [5, 5.41) is 3.24. The van der Waals surface area contributed by atoms with Crippen molar-refractivity contribution >= 4 is 28.9 Å². The van der Waals surface area contributed by atoms with Crippen LogP contribution in [0.1, 0.15) is 13.3 Å². The minimum absolute atomic E-state index is 0.238. The Morgan fingerprint density at radius 1 is 1.65 bits per heavy atom. The summed E-state index contributed by atoms with van der Waals surface area (Å²) < 4.78 is 10.8. The SMILES string of the molecule is CC(OCC1CCOC1)C(=O)Nc1cc(Cl)ccc1N. The molecule has 0 aromatic heterocycles. The summed E-state index contributed by atoms with van der Waals surface area (Å²) in [5.74, 6) is 0.138. The number of benzene rings is 1. The minimum Gasteiger partial charge on any atom is -0.397 e. The lowest BCUT2D eigenvalue weighted by Crippen LogP contribution is -2.29. The number of nitrogens with one attached hydrogen (secondary N) is 1.